The Morgan fingerprint density at radius 1 is 1.04 bits per heavy atom. The number of anilines is 2. The molecule has 0 spiro atoms. The van der Waals surface area contributed by atoms with E-state index in [0.29, 0.717) is 0 Å². The number of nitrogens with zero attached hydrogens (tertiary/aromatic N) is 4. The van der Waals surface area contributed by atoms with Gasteiger partial charge in [0, 0.05) is 24.1 Å². The van der Waals surface area contributed by atoms with Crippen LogP contribution in [0.15, 0.2) is 72.6 Å². The highest BCUT2D eigenvalue weighted by atomic mass is 32.1. The summed E-state index contributed by atoms with van der Waals surface area (Å²) in [6.45, 7) is 0.743. The summed E-state index contributed by atoms with van der Waals surface area (Å²) in [5, 5.41) is 9.64. The van der Waals surface area contributed by atoms with Gasteiger partial charge in [-0.2, -0.15) is 5.10 Å². The van der Waals surface area contributed by atoms with Crippen LogP contribution in [0.4, 0.5) is 11.5 Å². The standard InChI is InChI=1S/C18H15N5S/c1-4-14(12-23-8-3-7-21-23)10-15(5-1)22-18-11-16(19-13-20-18)17-6-2-9-24-17/h1-11,13H,12H2,(H,19,20,22). The Balaban J connectivity index is 1.54. The monoisotopic (exact) mass is 333 g/mol. The summed E-state index contributed by atoms with van der Waals surface area (Å²) in [5.74, 6) is 0.782. The summed E-state index contributed by atoms with van der Waals surface area (Å²) in [5.41, 5.74) is 3.10. The number of nitrogens with one attached hydrogen (secondary N) is 1. The fourth-order valence-corrected chi connectivity index (χ4v) is 3.15. The molecule has 1 N–H and O–H groups in total. The molecule has 24 heavy (non-hydrogen) atoms. The van der Waals surface area contributed by atoms with Gasteiger partial charge in [0.1, 0.15) is 12.1 Å². The minimum Gasteiger partial charge on any atom is -0.340 e. The van der Waals surface area contributed by atoms with Gasteiger partial charge < -0.3 is 5.32 Å². The fraction of sp³-hybridized carbons (Fsp3) is 0.0556. The molecule has 3 aromatic heterocycles. The molecule has 6 heteroatoms. The van der Waals surface area contributed by atoms with Crippen LogP contribution < -0.4 is 5.32 Å². The van der Waals surface area contributed by atoms with E-state index < -0.39 is 0 Å². The highest BCUT2D eigenvalue weighted by Crippen LogP contribution is 2.25. The van der Waals surface area contributed by atoms with Crippen molar-refractivity contribution in [2.45, 2.75) is 6.54 Å². The second kappa shape index (κ2) is 6.64. The lowest BCUT2D eigenvalue weighted by Crippen LogP contribution is -2.01. The van der Waals surface area contributed by atoms with Crippen LogP contribution in [0.5, 0.6) is 0 Å². The second-order valence-corrected chi connectivity index (χ2v) is 6.24. The maximum absolute atomic E-state index is 4.34. The molecule has 0 fully saturated rings. The first-order chi connectivity index (χ1) is 11.9. The minimum absolute atomic E-state index is 0.743. The zero-order valence-corrected chi connectivity index (χ0v) is 13.6. The fourth-order valence-electron chi connectivity index (χ4n) is 2.46. The smallest absolute Gasteiger partial charge is 0.134 e. The lowest BCUT2D eigenvalue weighted by molar-refractivity contribution is 0.687. The summed E-state index contributed by atoms with van der Waals surface area (Å²) in [6, 6.07) is 16.2. The van der Waals surface area contributed by atoms with Gasteiger partial charge in [-0.3, -0.25) is 4.68 Å². The molecule has 0 radical (unpaired) electrons. The van der Waals surface area contributed by atoms with Crippen molar-refractivity contribution >= 4 is 22.8 Å². The Morgan fingerprint density at radius 3 is 2.88 bits per heavy atom. The molecule has 118 valence electrons. The molecule has 0 saturated carbocycles. The molecule has 0 aliphatic rings. The Morgan fingerprint density at radius 2 is 2.04 bits per heavy atom. The Bertz CT molecular complexity index is 916. The van der Waals surface area contributed by atoms with Crippen LogP contribution in [0.2, 0.25) is 0 Å². The van der Waals surface area contributed by atoms with E-state index in [1.54, 1.807) is 23.9 Å². The van der Waals surface area contributed by atoms with Crippen LogP contribution in [0.1, 0.15) is 5.56 Å². The lowest BCUT2D eigenvalue weighted by Gasteiger charge is -2.09. The Kier molecular flexibility index (Phi) is 4.04. The van der Waals surface area contributed by atoms with Gasteiger partial charge >= 0.3 is 0 Å². The van der Waals surface area contributed by atoms with Crippen molar-refractivity contribution in [2.75, 3.05) is 5.32 Å². The molecule has 0 atom stereocenters. The average molecular weight is 333 g/mol. The van der Waals surface area contributed by atoms with Crippen molar-refractivity contribution in [2.24, 2.45) is 0 Å². The van der Waals surface area contributed by atoms with Crippen molar-refractivity contribution in [1.82, 2.24) is 19.7 Å². The van der Waals surface area contributed by atoms with Crippen LogP contribution >= 0.6 is 11.3 Å². The van der Waals surface area contributed by atoms with Crippen molar-refractivity contribution < 1.29 is 0 Å². The molecule has 4 rings (SSSR count). The van der Waals surface area contributed by atoms with Crippen LogP contribution in [-0.4, -0.2) is 19.7 Å². The molecule has 0 aliphatic carbocycles. The van der Waals surface area contributed by atoms with Gasteiger partial charge in [-0.1, -0.05) is 18.2 Å². The normalized spacial score (nSPS) is 10.7. The van der Waals surface area contributed by atoms with E-state index in [-0.39, 0.29) is 0 Å². The van der Waals surface area contributed by atoms with Crippen molar-refractivity contribution in [1.29, 1.82) is 0 Å². The molecule has 0 saturated heterocycles. The Labute approximate surface area is 143 Å². The maximum Gasteiger partial charge on any atom is 0.134 e. The predicted molar refractivity (Wildman–Crippen MR) is 96.4 cm³/mol. The molecule has 1 aromatic carbocycles. The van der Waals surface area contributed by atoms with Gasteiger partial charge in [-0.05, 0) is 35.2 Å². The summed E-state index contributed by atoms with van der Waals surface area (Å²) in [7, 11) is 0. The summed E-state index contributed by atoms with van der Waals surface area (Å²) >= 11 is 1.67. The molecular weight excluding hydrogens is 318 g/mol. The van der Waals surface area contributed by atoms with Crippen LogP contribution in [0.3, 0.4) is 0 Å². The van der Waals surface area contributed by atoms with Crippen LogP contribution in [0, 0.1) is 0 Å². The molecule has 5 nitrogen and oxygen atoms in total. The molecule has 0 unspecified atom stereocenters. The lowest BCUT2D eigenvalue weighted by atomic mass is 10.2. The number of hydrogen-bond acceptors (Lipinski definition) is 5. The van der Waals surface area contributed by atoms with Crippen molar-refractivity contribution in [3.8, 4) is 10.6 Å². The largest absolute Gasteiger partial charge is 0.340 e. The van der Waals surface area contributed by atoms with Crippen LogP contribution in [0.25, 0.3) is 10.6 Å². The van der Waals surface area contributed by atoms with E-state index in [1.807, 2.05) is 46.6 Å². The molecule has 0 bridgehead atoms. The number of thiophene rings is 1. The summed E-state index contributed by atoms with van der Waals surface area (Å²) in [4.78, 5) is 9.79. The average Bonchev–Trinajstić information content (AvgIpc) is 3.29. The molecule has 4 aromatic rings. The van der Waals surface area contributed by atoms with Gasteiger partial charge in [0.15, 0.2) is 0 Å². The molecule has 0 amide bonds. The third-order valence-corrected chi connectivity index (χ3v) is 4.44. The number of hydrogen-bond donors (Lipinski definition) is 1. The maximum atomic E-state index is 4.34. The van der Waals surface area contributed by atoms with E-state index in [4.69, 9.17) is 0 Å². The Hall–Kier alpha value is -2.99. The van der Waals surface area contributed by atoms with Crippen molar-refractivity contribution in [3.05, 3.63) is 78.2 Å². The zero-order valence-electron chi connectivity index (χ0n) is 12.8. The van der Waals surface area contributed by atoms with Gasteiger partial charge in [0.25, 0.3) is 0 Å². The quantitative estimate of drug-likeness (QED) is 0.595. The van der Waals surface area contributed by atoms with Gasteiger partial charge in [0.2, 0.25) is 0 Å². The van der Waals surface area contributed by atoms with E-state index in [2.05, 4.69) is 38.6 Å². The van der Waals surface area contributed by atoms with Crippen molar-refractivity contribution in [3.63, 3.8) is 0 Å². The first-order valence-electron chi connectivity index (χ1n) is 7.56. The second-order valence-electron chi connectivity index (χ2n) is 5.29. The first kappa shape index (κ1) is 14.6. The van der Waals surface area contributed by atoms with E-state index in [9.17, 15) is 0 Å². The number of rotatable bonds is 5. The highest BCUT2D eigenvalue weighted by molar-refractivity contribution is 7.13. The van der Waals surface area contributed by atoms with Crippen LogP contribution in [-0.2, 0) is 6.54 Å². The minimum atomic E-state index is 0.743. The molecular formula is C18H15N5S. The SMILES string of the molecule is c1cc(Cn2cccn2)cc(Nc2cc(-c3cccs3)ncn2)c1. The predicted octanol–water partition coefficient (Wildman–Crippen LogP) is 4.19. The van der Waals surface area contributed by atoms with Gasteiger partial charge in [-0.15, -0.1) is 11.3 Å². The highest BCUT2D eigenvalue weighted by Gasteiger charge is 2.04. The summed E-state index contributed by atoms with van der Waals surface area (Å²) in [6.07, 6.45) is 5.33. The topological polar surface area (TPSA) is 55.6 Å². The number of aromatic nitrogens is 4. The third-order valence-electron chi connectivity index (χ3n) is 3.54. The van der Waals surface area contributed by atoms with Gasteiger partial charge in [-0.25, -0.2) is 9.97 Å². The zero-order chi connectivity index (χ0) is 16.2. The molecule has 0 aliphatic heterocycles. The third kappa shape index (κ3) is 3.33. The first-order valence-corrected chi connectivity index (χ1v) is 8.44. The number of benzene rings is 1. The van der Waals surface area contributed by atoms with E-state index in [1.165, 1.54) is 5.56 Å². The van der Waals surface area contributed by atoms with Gasteiger partial charge in [0.05, 0.1) is 17.1 Å². The molecule has 3 heterocycles. The summed E-state index contributed by atoms with van der Waals surface area (Å²) < 4.78 is 1.90. The van der Waals surface area contributed by atoms with E-state index >= 15 is 0 Å². The van der Waals surface area contributed by atoms with E-state index in [0.717, 1.165) is 28.6 Å².